The first-order valence-corrected chi connectivity index (χ1v) is 9.82. The van der Waals surface area contributed by atoms with Crippen molar-refractivity contribution >= 4 is 50.9 Å². The molecule has 2 rings (SSSR count). The first-order valence-electron chi connectivity index (χ1n) is 8.21. The largest absolute Gasteiger partial charge is 0.490 e. The second kappa shape index (κ2) is 9.27. The zero-order valence-electron chi connectivity index (χ0n) is 15.4. The van der Waals surface area contributed by atoms with E-state index < -0.39 is 5.97 Å². The minimum Gasteiger partial charge on any atom is -0.490 e. The van der Waals surface area contributed by atoms with Crippen molar-refractivity contribution in [2.45, 2.75) is 26.8 Å². The summed E-state index contributed by atoms with van der Waals surface area (Å²) in [7, 11) is 1.28. The van der Waals surface area contributed by atoms with Gasteiger partial charge >= 0.3 is 5.97 Å². The minimum atomic E-state index is -0.518. The van der Waals surface area contributed by atoms with E-state index in [0.29, 0.717) is 33.0 Å². The molecule has 1 saturated heterocycles. The van der Waals surface area contributed by atoms with Gasteiger partial charge in [-0.1, -0.05) is 0 Å². The van der Waals surface area contributed by atoms with Crippen molar-refractivity contribution in [2.24, 2.45) is 0 Å². The van der Waals surface area contributed by atoms with Crippen LogP contribution in [-0.2, 0) is 14.3 Å². The maximum Gasteiger partial charge on any atom is 0.343 e. The molecule has 1 fully saturated rings. The molecule has 0 spiro atoms. The second-order valence-corrected chi connectivity index (χ2v) is 7.62. The van der Waals surface area contributed by atoms with Crippen LogP contribution in [0.5, 0.6) is 11.5 Å². The highest BCUT2D eigenvalue weighted by molar-refractivity contribution is 9.10. The molecule has 0 unspecified atom stereocenters. The van der Waals surface area contributed by atoms with Gasteiger partial charge in [-0.2, -0.15) is 0 Å². The Balaban J connectivity index is 2.34. The molecule has 0 radical (unpaired) electrons. The van der Waals surface area contributed by atoms with Crippen molar-refractivity contribution in [3.05, 3.63) is 27.1 Å². The summed E-state index contributed by atoms with van der Waals surface area (Å²) in [6, 6.07) is 3.20. The summed E-state index contributed by atoms with van der Waals surface area (Å²) in [6.45, 7) is 5.52. The van der Waals surface area contributed by atoms with Crippen LogP contribution in [0.2, 0.25) is 0 Å². The fourth-order valence-electron chi connectivity index (χ4n) is 2.34. The first-order chi connectivity index (χ1) is 12.8. The molecule has 0 N–H and O–H groups in total. The van der Waals surface area contributed by atoms with Crippen LogP contribution in [0, 0.1) is 0 Å². The number of rotatable bonds is 7. The van der Waals surface area contributed by atoms with Crippen LogP contribution in [-0.4, -0.2) is 48.4 Å². The van der Waals surface area contributed by atoms with Gasteiger partial charge in [0.05, 0.1) is 23.1 Å². The highest BCUT2D eigenvalue weighted by atomic mass is 79.9. The fourth-order valence-corrected chi connectivity index (χ4v) is 3.88. The van der Waals surface area contributed by atoms with Crippen LogP contribution in [0.15, 0.2) is 21.5 Å². The van der Waals surface area contributed by atoms with Gasteiger partial charge in [0.25, 0.3) is 11.1 Å². The first kappa shape index (κ1) is 21.3. The molecule has 0 saturated carbocycles. The van der Waals surface area contributed by atoms with Gasteiger partial charge in [-0.05, 0) is 72.2 Å². The fraction of sp³-hybridized carbons (Fsp3) is 0.389. The number of ether oxygens (including phenoxy) is 3. The molecule has 0 bridgehead atoms. The summed E-state index contributed by atoms with van der Waals surface area (Å²) < 4.78 is 16.2. The van der Waals surface area contributed by atoms with E-state index in [9.17, 15) is 14.4 Å². The number of carbonyl (C=O) groups excluding carboxylic acids is 3. The zero-order valence-corrected chi connectivity index (χ0v) is 17.8. The van der Waals surface area contributed by atoms with Crippen LogP contribution in [0.25, 0.3) is 6.08 Å². The smallest absolute Gasteiger partial charge is 0.343 e. The third-order valence-corrected chi connectivity index (χ3v) is 5.00. The molecular weight excluding hydrogens is 438 g/mol. The van der Waals surface area contributed by atoms with E-state index in [4.69, 9.17) is 9.47 Å². The molecule has 1 heterocycles. The Morgan fingerprint density at radius 2 is 2.00 bits per heavy atom. The number of carbonyl (C=O) groups is 3. The number of thioether (sulfide) groups is 1. The van der Waals surface area contributed by atoms with Crippen molar-refractivity contribution in [1.29, 1.82) is 0 Å². The average molecular weight is 458 g/mol. The van der Waals surface area contributed by atoms with E-state index >= 15 is 0 Å². The molecule has 27 heavy (non-hydrogen) atoms. The molecule has 2 amide bonds. The molecule has 0 aliphatic carbocycles. The second-order valence-electron chi connectivity index (χ2n) is 5.77. The molecular formula is C18H20BrNO6S. The molecule has 146 valence electrons. The Bertz CT molecular complexity index is 792. The average Bonchev–Trinajstić information content (AvgIpc) is 2.87. The summed E-state index contributed by atoms with van der Waals surface area (Å²) in [5.74, 6) is -0.0734. The van der Waals surface area contributed by atoms with E-state index in [1.54, 1.807) is 32.1 Å². The monoisotopic (exact) mass is 457 g/mol. The van der Waals surface area contributed by atoms with Gasteiger partial charge < -0.3 is 14.2 Å². The standard InChI is InChI=1S/C18H20BrNO6S/c1-5-25-13-7-11(6-12(19)16(13)26-9-15(21)24-4)8-14-17(22)20(10(2)3)18(23)27-14/h6-8,10H,5,9H2,1-4H3/b14-8+. The SMILES string of the molecule is CCOc1cc(/C=C2/SC(=O)N(C(C)C)C2=O)cc(Br)c1OCC(=O)OC. The lowest BCUT2D eigenvalue weighted by molar-refractivity contribution is -0.143. The topological polar surface area (TPSA) is 82.1 Å². The van der Waals surface area contributed by atoms with Gasteiger partial charge in [-0.25, -0.2) is 4.79 Å². The van der Waals surface area contributed by atoms with Crippen LogP contribution in [0.1, 0.15) is 26.3 Å². The number of halogens is 1. The summed E-state index contributed by atoms with van der Waals surface area (Å²) >= 11 is 4.30. The van der Waals surface area contributed by atoms with Gasteiger partial charge in [-0.15, -0.1) is 0 Å². The lowest BCUT2D eigenvalue weighted by Gasteiger charge is -2.16. The predicted molar refractivity (Wildman–Crippen MR) is 106 cm³/mol. The molecule has 1 aliphatic heterocycles. The van der Waals surface area contributed by atoms with Crippen molar-refractivity contribution in [2.75, 3.05) is 20.3 Å². The van der Waals surface area contributed by atoms with Crippen molar-refractivity contribution in [3.63, 3.8) is 0 Å². The van der Waals surface area contributed by atoms with E-state index in [1.807, 2.05) is 6.92 Å². The van der Waals surface area contributed by atoms with Gasteiger partial charge in [-0.3, -0.25) is 14.5 Å². The van der Waals surface area contributed by atoms with Gasteiger partial charge in [0.15, 0.2) is 18.1 Å². The quantitative estimate of drug-likeness (QED) is 0.454. The number of amides is 2. The third kappa shape index (κ3) is 5.04. The number of methoxy groups -OCH3 is 1. The Morgan fingerprint density at radius 1 is 1.30 bits per heavy atom. The van der Waals surface area contributed by atoms with Crippen LogP contribution in [0.4, 0.5) is 4.79 Å². The number of esters is 1. The Morgan fingerprint density at radius 3 is 2.56 bits per heavy atom. The van der Waals surface area contributed by atoms with E-state index in [1.165, 1.54) is 12.0 Å². The lowest BCUT2D eigenvalue weighted by Crippen LogP contribution is -2.34. The Labute approximate surface area is 170 Å². The molecule has 0 atom stereocenters. The molecule has 1 aromatic rings. The minimum absolute atomic E-state index is 0.205. The maximum atomic E-state index is 12.4. The predicted octanol–water partition coefficient (Wildman–Crippen LogP) is 3.84. The summed E-state index contributed by atoms with van der Waals surface area (Å²) in [4.78, 5) is 37.3. The van der Waals surface area contributed by atoms with Crippen molar-refractivity contribution in [1.82, 2.24) is 4.90 Å². The molecule has 9 heteroatoms. The summed E-state index contributed by atoms with van der Waals surface area (Å²) in [5, 5.41) is -0.289. The third-order valence-electron chi connectivity index (χ3n) is 3.53. The lowest BCUT2D eigenvalue weighted by atomic mass is 10.1. The van der Waals surface area contributed by atoms with Crippen molar-refractivity contribution in [3.8, 4) is 11.5 Å². The van der Waals surface area contributed by atoms with Gasteiger partial charge in [0.2, 0.25) is 0 Å². The number of benzene rings is 1. The van der Waals surface area contributed by atoms with Crippen LogP contribution >= 0.6 is 27.7 Å². The van der Waals surface area contributed by atoms with Crippen LogP contribution in [0.3, 0.4) is 0 Å². The summed E-state index contributed by atoms with van der Waals surface area (Å²) in [5.41, 5.74) is 0.657. The highest BCUT2D eigenvalue weighted by Gasteiger charge is 2.36. The molecule has 0 aromatic heterocycles. The van der Waals surface area contributed by atoms with Crippen LogP contribution < -0.4 is 9.47 Å². The number of imide groups is 1. The van der Waals surface area contributed by atoms with E-state index in [-0.39, 0.29) is 23.8 Å². The Hall–Kier alpha value is -2.00. The maximum absolute atomic E-state index is 12.4. The highest BCUT2D eigenvalue weighted by Crippen LogP contribution is 2.39. The van der Waals surface area contributed by atoms with E-state index in [2.05, 4.69) is 20.7 Å². The normalized spacial score (nSPS) is 15.6. The Kier molecular flexibility index (Phi) is 7.32. The number of hydrogen-bond acceptors (Lipinski definition) is 7. The zero-order chi connectivity index (χ0) is 20.1. The van der Waals surface area contributed by atoms with Gasteiger partial charge in [0, 0.05) is 6.04 Å². The van der Waals surface area contributed by atoms with E-state index in [0.717, 1.165) is 11.8 Å². The van der Waals surface area contributed by atoms with Gasteiger partial charge in [0.1, 0.15) is 0 Å². The number of hydrogen-bond donors (Lipinski definition) is 0. The molecule has 1 aromatic carbocycles. The van der Waals surface area contributed by atoms with Crippen molar-refractivity contribution < 1.29 is 28.6 Å². The summed E-state index contributed by atoms with van der Waals surface area (Å²) in [6.07, 6.45) is 1.63. The number of nitrogens with zero attached hydrogens (tertiary/aromatic N) is 1. The molecule has 7 nitrogen and oxygen atoms in total. The molecule has 1 aliphatic rings.